The van der Waals surface area contributed by atoms with Crippen LogP contribution in [0.1, 0.15) is 33.0 Å². The fourth-order valence-electron chi connectivity index (χ4n) is 3.16. The van der Waals surface area contributed by atoms with Gasteiger partial charge in [-0.25, -0.2) is 4.98 Å². The number of hydrogen-bond acceptors (Lipinski definition) is 2. The van der Waals surface area contributed by atoms with E-state index in [1.54, 1.807) is 24.4 Å². The molecule has 3 rings (SSSR count). The molecule has 3 aromatic rings. The van der Waals surface area contributed by atoms with Gasteiger partial charge in [-0.05, 0) is 69.4 Å². The Hall–Kier alpha value is -1.77. The lowest BCUT2D eigenvalue weighted by atomic mass is 9.97. The Kier molecular flexibility index (Phi) is 9.52. The number of alkyl halides is 3. The molecule has 0 bridgehead atoms. The zero-order valence-electron chi connectivity index (χ0n) is 17.6. The molecule has 0 aliphatic rings. The first-order chi connectivity index (χ1) is 16.5. The molecule has 1 unspecified atom stereocenters. The van der Waals surface area contributed by atoms with Crippen LogP contribution in [-0.2, 0) is 6.42 Å². The number of amides is 1. The van der Waals surface area contributed by atoms with Gasteiger partial charge in [-0.2, -0.15) is 13.2 Å². The molecule has 0 spiro atoms. The van der Waals surface area contributed by atoms with Crippen molar-refractivity contribution in [3.05, 3.63) is 102 Å². The fourth-order valence-corrected chi connectivity index (χ4v) is 4.46. The summed E-state index contributed by atoms with van der Waals surface area (Å²) in [5, 5.41) is 3.04. The highest BCUT2D eigenvalue weighted by atomic mass is 79.9. The molecular weight excluding hydrogens is 611 g/mol. The summed E-state index contributed by atoms with van der Waals surface area (Å²) >= 11 is 26.8. The van der Waals surface area contributed by atoms with Crippen molar-refractivity contribution >= 4 is 74.3 Å². The summed E-state index contributed by atoms with van der Waals surface area (Å²) in [5.74, 6) is -2.29. The molecule has 1 N–H and O–H groups in total. The fraction of sp³-hybridized carbons (Fsp3) is 0.167. The molecule has 2 aromatic carbocycles. The predicted octanol–water partition coefficient (Wildman–Crippen LogP) is 8.79. The maximum absolute atomic E-state index is 13.7. The average Bonchev–Trinajstić information content (AvgIpc) is 2.78. The molecule has 0 aliphatic heterocycles. The van der Waals surface area contributed by atoms with Crippen molar-refractivity contribution in [3.63, 3.8) is 0 Å². The Morgan fingerprint density at radius 3 is 2.31 bits per heavy atom. The molecule has 35 heavy (non-hydrogen) atoms. The van der Waals surface area contributed by atoms with Gasteiger partial charge in [0.05, 0.1) is 26.5 Å². The second-order valence-corrected chi connectivity index (χ2v) is 9.85. The molecule has 11 heteroatoms. The van der Waals surface area contributed by atoms with Crippen LogP contribution in [0.15, 0.2) is 59.2 Å². The number of nitrogens with one attached hydrogen (secondary N) is 1. The van der Waals surface area contributed by atoms with Gasteiger partial charge in [-0.3, -0.25) is 4.79 Å². The minimum Gasteiger partial charge on any atom is -0.352 e. The SMILES string of the molecule is O=C(NCCc1ccc(Cl)nc1)c1ccc(/C=C/C(c2cc(Cl)c(Cl)c(Cl)c2)C(F)(F)F)cc1Br. The van der Waals surface area contributed by atoms with Gasteiger partial charge in [0.15, 0.2) is 0 Å². The number of hydrogen-bond donors (Lipinski definition) is 1. The smallest absolute Gasteiger partial charge is 0.352 e. The van der Waals surface area contributed by atoms with Crippen LogP contribution in [0.25, 0.3) is 6.08 Å². The van der Waals surface area contributed by atoms with Gasteiger partial charge in [0, 0.05) is 17.2 Å². The number of pyridine rings is 1. The number of aromatic nitrogens is 1. The minimum absolute atomic E-state index is 0.00962. The standard InChI is InChI=1S/C24H16BrCl4F3N2O/c25-18-9-13(1-4-16(18)23(35)33-8-7-14-3-6-21(28)34-12-14)2-5-17(24(30,31)32)15-10-19(26)22(29)20(27)11-15/h1-6,9-12,17H,7-8H2,(H,33,35)/b5-2+. The van der Waals surface area contributed by atoms with E-state index >= 15 is 0 Å². The molecule has 1 amide bonds. The van der Waals surface area contributed by atoms with Gasteiger partial charge in [-0.1, -0.05) is 70.7 Å². The number of carbonyl (C=O) groups excluding carboxylic acids is 1. The monoisotopic (exact) mass is 624 g/mol. The largest absolute Gasteiger partial charge is 0.399 e. The van der Waals surface area contributed by atoms with Gasteiger partial charge in [0.1, 0.15) is 5.15 Å². The number of halogens is 8. The Balaban J connectivity index is 1.72. The first kappa shape index (κ1) is 27.8. The molecular formula is C24H16BrCl4F3N2O. The van der Waals surface area contributed by atoms with Crippen molar-refractivity contribution in [2.75, 3.05) is 6.54 Å². The normalized spacial score (nSPS) is 12.7. The third-order valence-electron chi connectivity index (χ3n) is 4.92. The van der Waals surface area contributed by atoms with E-state index in [1.165, 1.54) is 12.1 Å². The maximum atomic E-state index is 13.7. The Labute approximate surface area is 228 Å². The molecule has 1 aromatic heterocycles. The topological polar surface area (TPSA) is 42.0 Å². The quantitative estimate of drug-likeness (QED) is 0.210. The second kappa shape index (κ2) is 12.0. The summed E-state index contributed by atoms with van der Waals surface area (Å²) in [4.78, 5) is 16.5. The van der Waals surface area contributed by atoms with Gasteiger partial charge in [-0.15, -0.1) is 0 Å². The predicted molar refractivity (Wildman–Crippen MR) is 139 cm³/mol. The van der Waals surface area contributed by atoms with E-state index < -0.39 is 12.1 Å². The number of benzene rings is 2. The van der Waals surface area contributed by atoms with Gasteiger partial charge >= 0.3 is 6.18 Å². The zero-order valence-corrected chi connectivity index (χ0v) is 22.3. The summed E-state index contributed by atoms with van der Waals surface area (Å²) in [6, 6.07) is 10.4. The Morgan fingerprint density at radius 1 is 1.06 bits per heavy atom. The van der Waals surface area contributed by atoms with Crippen LogP contribution in [-0.4, -0.2) is 23.6 Å². The van der Waals surface area contributed by atoms with Crippen LogP contribution >= 0.6 is 62.3 Å². The number of carbonyl (C=O) groups is 1. The Bertz CT molecular complexity index is 1230. The average molecular weight is 627 g/mol. The molecule has 184 valence electrons. The minimum atomic E-state index is -4.59. The van der Waals surface area contributed by atoms with Crippen molar-refractivity contribution in [2.24, 2.45) is 0 Å². The van der Waals surface area contributed by atoms with Gasteiger partial charge in [0.2, 0.25) is 0 Å². The molecule has 1 heterocycles. The number of rotatable bonds is 7. The van der Waals surface area contributed by atoms with Crippen LogP contribution in [0.2, 0.25) is 20.2 Å². The second-order valence-electron chi connectivity index (χ2n) is 7.41. The molecule has 0 saturated heterocycles. The molecule has 1 atom stereocenters. The first-order valence-corrected chi connectivity index (χ1v) is 12.3. The number of nitrogens with zero attached hydrogens (tertiary/aromatic N) is 1. The van der Waals surface area contributed by atoms with Gasteiger partial charge < -0.3 is 5.32 Å². The van der Waals surface area contributed by atoms with Gasteiger partial charge in [0.25, 0.3) is 5.91 Å². The molecule has 0 aliphatic carbocycles. The lowest BCUT2D eigenvalue weighted by Gasteiger charge is -2.18. The van der Waals surface area contributed by atoms with E-state index in [1.807, 2.05) is 6.07 Å². The third kappa shape index (κ3) is 7.61. The highest BCUT2D eigenvalue weighted by Gasteiger charge is 2.39. The van der Waals surface area contributed by atoms with Crippen molar-refractivity contribution in [3.8, 4) is 0 Å². The molecule has 0 saturated carbocycles. The van der Waals surface area contributed by atoms with E-state index in [9.17, 15) is 18.0 Å². The van der Waals surface area contributed by atoms with Crippen LogP contribution in [0.4, 0.5) is 13.2 Å². The molecule has 0 fully saturated rings. The van der Waals surface area contributed by atoms with Crippen LogP contribution in [0.5, 0.6) is 0 Å². The highest BCUT2D eigenvalue weighted by Crippen LogP contribution is 2.41. The molecule has 3 nitrogen and oxygen atoms in total. The summed E-state index contributed by atoms with van der Waals surface area (Å²) < 4.78 is 41.7. The van der Waals surface area contributed by atoms with Crippen LogP contribution < -0.4 is 5.32 Å². The van der Waals surface area contributed by atoms with E-state index in [0.29, 0.717) is 33.7 Å². The lowest BCUT2D eigenvalue weighted by Crippen LogP contribution is -2.26. The first-order valence-electron chi connectivity index (χ1n) is 10.0. The van der Waals surface area contributed by atoms with Crippen molar-refractivity contribution in [1.82, 2.24) is 10.3 Å². The van der Waals surface area contributed by atoms with E-state index in [2.05, 4.69) is 26.2 Å². The third-order valence-corrected chi connectivity index (χ3v) is 7.00. The number of allylic oxidation sites excluding steroid dienone is 1. The van der Waals surface area contributed by atoms with Crippen LogP contribution in [0.3, 0.4) is 0 Å². The molecule has 0 radical (unpaired) electrons. The summed E-state index contributed by atoms with van der Waals surface area (Å²) in [6.45, 7) is 0.371. The van der Waals surface area contributed by atoms with Crippen molar-refractivity contribution < 1.29 is 18.0 Å². The lowest BCUT2D eigenvalue weighted by molar-refractivity contribution is -0.139. The van der Waals surface area contributed by atoms with Crippen LogP contribution in [0, 0.1) is 0 Å². The van der Waals surface area contributed by atoms with E-state index in [4.69, 9.17) is 46.4 Å². The summed E-state index contributed by atoms with van der Waals surface area (Å²) in [7, 11) is 0. The van der Waals surface area contributed by atoms with Crippen molar-refractivity contribution in [2.45, 2.75) is 18.5 Å². The summed E-state index contributed by atoms with van der Waals surface area (Å²) in [5.41, 5.74) is 1.58. The summed E-state index contributed by atoms with van der Waals surface area (Å²) in [6.07, 6.45) is -0.0859. The Morgan fingerprint density at radius 2 is 1.74 bits per heavy atom. The highest BCUT2D eigenvalue weighted by molar-refractivity contribution is 9.10. The van der Waals surface area contributed by atoms with E-state index in [0.717, 1.165) is 23.8 Å². The maximum Gasteiger partial charge on any atom is 0.399 e. The van der Waals surface area contributed by atoms with E-state index in [-0.39, 0.29) is 26.5 Å². The zero-order chi connectivity index (χ0) is 25.8. The van der Waals surface area contributed by atoms with Crippen molar-refractivity contribution in [1.29, 1.82) is 0 Å².